The van der Waals surface area contributed by atoms with Crippen LogP contribution in [0.3, 0.4) is 0 Å². The minimum absolute atomic E-state index is 0.188. The summed E-state index contributed by atoms with van der Waals surface area (Å²) in [5, 5.41) is 0. The number of aromatic nitrogens is 1. The molecule has 1 atom stereocenters. The number of aryl methyl sites for hydroxylation is 1. The fraction of sp³-hybridized carbons (Fsp3) is 0.345. The van der Waals surface area contributed by atoms with Gasteiger partial charge in [0.25, 0.3) is 0 Å². The number of hydrogen-bond acceptors (Lipinski definition) is 6. The van der Waals surface area contributed by atoms with E-state index < -0.39 is 12.0 Å². The molecule has 1 aliphatic heterocycles. The molecule has 36 heavy (non-hydrogen) atoms. The lowest BCUT2D eigenvalue weighted by molar-refractivity contribution is -0.152. The monoisotopic (exact) mass is 488 g/mol. The minimum atomic E-state index is -0.637. The Kier molecular flexibility index (Phi) is 8.21. The van der Waals surface area contributed by atoms with Gasteiger partial charge in [-0.2, -0.15) is 0 Å². The Labute approximate surface area is 211 Å². The summed E-state index contributed by atoms with van der Waals surface area (Å²) in [6, 6.07) is 15.0. The van der Waals surface area contributed by atoms with Gasteiger partial charge in [-0.15, -0.1) is 0 Å². The van der Waals surface area contributed by atoms with Crippen molar-refractivity contribution in [3.63, 3.8) is 0 Å². The van der Waals surface area contributed by atoms with Gasteiger partial charge in [0.15, 0.2) is 0 Å². The molecule has 1 aliphatic rings. The van der Waals surface area contributed by atoms with Crippen molar-refractivity contribution in [2.75, 3.05) is 13.7 Å². The number of methoxy groups -OCH3 is 1. The van der Waals surface area contributed by atoms with Crippen LogP contribution in [0.1, 0.15) is 42.3 Å². The Bertz CT molecular complexity index is 1230. The van der Waals surface area contributed by atoms with E-state index >= 15 is 0 Å². The molecule has 0 fully saturated rings. The van der Waals surface area contributed by atoms with Crippen LogP contribution in [-0.2, 0) is 33.7 Å². The second-order valence-corrected chi connectivity index (χ2v) is 8.82. The Morgan fingerprint density at radius 3 is 2.72 bits per heavy atom. The summed E-state index contributed by atoms with van der Waals surface area (Å²) in [7, 11) is 1.35. The molecule has 2 heterocycles. The SMILES string of the molecule is CCC/C=C/C(=O)N1Cc2cc(OCCc3nc(-c4ccccc4)oc3C)ccc2C[C@H]1C(=O)OC. The molecule has 0 bridgehead atoms. The second-order valence-electron chi connectivity index (χ2n) is 8.82. The van der Waals surface area contributed by atoms with Crippen molar-refractivity contribution in [2.45, 2.75) is 52.1 Å². The zero-order valence-electron chi connectivity index (χ0n) is 21.0. The van der Waals surface area contributed by atoms with Crippen LogP contribution >= 0.6 is 0 Å². The van der Waals surface area contributed by atoms with E-state index in [0.29, 0.717) is 37.6 Å². The van der Waals surface area contributed by atoms with Gasteiger partial charge in [-0.25, -0.2) is 9.78 Å². The number of carbonyl (C=O) groups is 2. The van der Waals surface area contributed by atoms with E-state index in [4.69, 9.17) is 13.9 Å². The van der Waals surface area contributed by atoms with Gasteiger partial charge in [0.2, 0.25) is 11.8 Å². The quantitative estimate of drug-likeness (QED) is 0.310. The van der Waals surface area contributed by atoms with E-state index in [2.05, 4.69) is 11.9 Å². The Hall–Kier alpha value is -3.87. The van der Waals surface area contributed by atoms with Gasteiger partial charge in [-0.3, -0.25) is 4.79 Å². The van der Waals surface area contributed by atoms with Gasteiger partial charge in [0.05, 0.1) is 19.4 Å². The summed E-state index contributed by atoms with van der Waals surface area (Å²) in [5.74, 6) is 1.50. The first-order valence-electron chi connectivity index (χ1n) is 12.3. The number of nitrogens with zero attached hydrogens (tertiary/aromatic N) is 2. The molecule has 2 aromatic carbocycles. The first kappa shape index (κ1) is 25.2. The first-order valence-corrected chi connectivity index (χ1v) is 12.3. The molecule has 7 heteroatoms. The second kappa shape index (κ2) is 11.7. The summed E-state index contributed by atoms with van der Waals surface area (Å²) >= 11 is 0. The third kappa shape index (κ3) is 5.85. The number of ether oxygens (including phenoxy) is 2. The van der Waals surface area contributed by atoms with Gasteiger partial charge in [0.1, 0.15) is 17.6 Å². The predicted molar refractivity (Wildman–Crippen MR) is 136 cm³/mol. The van der Waals surface area contributed by atoms with Crippen molar-refractivity contribution in [1.29, 1.82) is 0 Å². The molecule has 0 radical (unpaired) electrons. The van der Waals surface area contributed by atoms with Crippen LogP contribution in [0.5, 0.6) is 5.75 Å². The zero-order chi connectivity index (χ0) is 25.5. The van der Waals surface area contributed by atoms with Gasteiger partial charge < -0.3 is 18.8 Å². The molecule has 0 unspecified atom stereocenters. The van der Waals surface area contributed by atoms with Gasteiger partial charge >= 0.3 is 5.97 Å². The Balaban J connectivity index is 1.43. The van der Waals surface area contributed by atoms with Crippen LogP contribution < -0.4 is 4.74 Å². The Morgan fingerprint density at radius 2 is 1.97 bits per heavy atom. The third-order valence-corrected chi connectivity index (χ3v) is 6.30. The van der Waals surface area contributed by atoms with Crippen LogP contribution in [0.4, 0.5) is 0 Å². The topological polar surface area (TPSA) is 81.9 Å². The van der Waals surface area contributed by atoms with Crippen LogP contribution in [0.2, 0.25) is 0 Å². The highest BCUT2D eigenvalue weighted by molar-refractivity contribution is 5.92. The maximum absolute atomic E-state index is 12.8. The first-order chi connectivity index (χ1) is 17.5. The van der Waals surface area contributed by atoms with E-state index in [-0.39, 0.29) is 5.91 Å². The highest BCUT2D eigenvalue weighted by Gasteiger charge is 2.34. The van der Waals surface area contributed by atoms with Gasteiger partial charge in [-0.1, -0.05) is 43.7 Å². The molecule has 188 valence electrons. The van der Waals surface area contributed by atoms with Crippen molar-refractivity contribution in [2.24, 2.45) is 0 Å². The third-order valence-electron chi connectivity index (χ3n) is 6.30. The molecule has 0 aliphatic carbocycles. The number of unbranched alkanes of at least 4 members (excludes halogenated alkanes) is 1. The smallest absolute Gasteiger partial charge is 0.328 e. The standard InChI is InChI=1S/C29H32N2O5/c1-4-5-7-12-27(32)31-19-23-17-24(14-13-22(23)18-26(31)29(33)34-3)35-16-15-25-20(2)36-28(30-25)21-10-8-6-9-11-21/h6-14,17,26H,4-5,15-16,18-19H2,1-3H3/b12-7+/t26-/m0/s1. The lowest BCUT2D eigenvalue weighted by atomic mass is 9.93. The number of carbonyl (C=O) groups excluding carboxylic acids is 2. The van der Waals surface area contributed by atoms with E-state index in [1.807, 2.05) is 61.5 Å². The number of oxazole rings is 1. The summed E-state index contributed by atoms with van der Waals surface area (Å²) in [6.45, 7) is 4.72. The number of benzene rings is 2. The molecule has 3 aromatic rings. The van der Waals surface area contributed by atoms with Crippen molar-refractivity contribution in [3.8, 4) is 17.2 Å². The average Bonchev–Trinajstić information content (AvgIpc) is 3.28. The van der Waals surface area contributed by atoms with E-state index in [1.165, 1.54) is 7.11 Å². The summed E-state index contributed by atoms with van der Waals surface area (Å²) in [5.41, 5.74) is 3.78. The minimum Gasteiger partial charge on any atom is -0.493 e. The molecular formula is C29H32N2O5. The van der Waals surface area contributed by atoms with Crippen molar-refractivity contribution < 1.29 is 23.5 Å². The highest BCUT2D eigenvalue weighted by Crippen LogP contribution is 2.28. The van der Waals surface area contributed by atoms with Crippen molar-refractivity contribution in [3.05, 3.63) is 83.3 Å². The molecule has 0 saturated carbocycles. The van der Waals surface area contributed by atoms with Gasteiger partial charge in [0, 0.05) is 24.9 Å². The average molecular weight is 489 g/mol. The van der Waals surface area contributed by atoms with Crippen LogP contribution in [-0.4, -0.2) is 41.5 Å². The molecule has 0 spiro atoms. The summed E-state index contributed by atoms with van der Waals surface area (Å²) < 4.78 is 16.8. The molecule has 1 amide bonds. The maximum atomic E-state index is 12.8. The molecule has 0 N–H and O–H groups in total. The number of allylic oxidation sites excluding steroid dienone is 1. The lowest BCUT2D eigenvalue weighted by Crippen LogP contribution is -2.48. The molecular weight excluding hydrogens is 456 g/mol. The molecule has 0 saturated heterocycles. The van der Waals surface area contributed by atoms with Crippen molar-refractivity contribution >= 4 is 11.9 Å². The van der Waals surface area contributed by atoms with E-state index in [9.17, 15) is 9.59 Å². The number of hydrogen-bond donors (Lipinski definition) is 0. The zero-order valence-corrected chi connectivity index (χ0v) is 21.0. The van der Waals surface area contributed by atoms with Crippen LogP contribution in [0, 0.1) is 6.92 Å². The van der Waals surface area contributed by atoms with Gasteiger partial charge in [-0.05, 0) is 54.8 Å². The number of rotatable bonds is 9. The number of amides is 1. The summed E-state index contributed by atoms with van der Waals surface area (Å²) in [4.78, 5) is 31.5. The van der Waals surface area contributed by atoms with E-state index in [0.717, 1.165) is 41.0 Å². The number of fused-ring (bicyclic) bond motifs is 1. The molecule has 1 aromatic heterocycles. The van der Waals surface area contributed by atoms with Crippen molar-refractivity contribution in [1.82, 2.24) is 9.88 Å². The molecule has 4 rings (SSSR count). The fourth-order valence-corrected chi connectivity index (χ4v) is 4.31. The highest BCUT2D eigenvalue weighted by atomic mass is 16.5. The van der Waals surface area contributed by atoms with E-state index in [1.54, 1.807) is 11.0 Å². The normalized spacial score (nSPS) is 15.1. The summed E-state index contributed by atoms with van der Waals surface area (Å²) in [6.07, 6.45) is 6.19. The largest absolute Gasteiger partial charge is 0.493 e. The van der Waals surface area contributed by atoms with Crippen LogP contribution in [0.25, 0.3) is 11.5 Å². The lowest BCUT2D eigenvalue weighted by Gasteiger charge is -2.34. The fourth-order valence-electron chi connectivity index (χ4n) is 4.31. The Morgan fingerprint density at radius 1 is 1.17 bits per heavy atom. The molecule has 7 nitrogen and oxygen atoms in total. The van der Waals surface area contributed by atoms with Crippen LogP contribution in [0.15, 0.2) is 65.1 Å². The predicted octanol–water partition coefficient (Wildman–Crippen LogP) is 5.05. The maximum Gasteiger partial charge on any atom is 0.328 e. The number of esters is 1.